The fourth-order valence-electron chi connectivity index (χ4n) is 2.92. The number of carbonyl (C=O) groups is 1. The van der Waals surface area contributed by atoms with Gasteiger partial charge in [-0.3, -0.25) is 4.79 Å². The van der Waals surface area contributed by atoms with Crippen molar-refractivity contribution in [3.8, 4) is 5.69 Å². The Morgan fingerprint density at radius 3 is 2.55 bits per heavy atom. The number of carbonyl (C=O) groups excluding carboxylic acids is 1. The van der Waals surface area contributed by atoms with Crippen LogP contribution in [0.15, 0.2) is 48.8 Å². The summed E-state index contributed by atoms with van der Waals surface area (Å²) in [7, 11) is 0. The number of nitrogens with one attached hydrogen (secondary N) is 1. The Labute approximate surface area is 167 Å². The molecule has 0 aliphatic heterocycles. The highest BCUT2D eigenvalue weighted by Gasteiger charge is 2.23. The van der Waals surface area contributed by atoms with Crippen LogP contribution < -0.4 is 5.32 Å². The summed E-state index contributed by atoms with van der Waals surface area (Å²) in [4.78, 5) is 17.4. The molecular weight excluding hydrogens is 371 g/mol. The van der Waals surface area contributed by atoms with Crippen molar-refractivity contribution in [1.29, 1.82) is 0 Å². The van der Waals surface area contributed by atoms with E-state index in [4.69, 9.17) is 0 Å². The molecule has 8 heteroatoms. The first-order valence-electron chi connectivity index (χ1n) is 9.21. The number of halogens is 1. The lowest BCUT2D eigenvalue weighted by molar-refractivity contribution is 0.102. The van der Waals surface area contributed by atoms with Crippen molar-refractivity contribution in [3.05, 3.63) is 71.6 Å². The Morgan fingerprint density at radius 1 is 1.14 bits per heavy atom. The minimum Gasteiger partial charge on any atom is -0.306 e. The second-order valence-electron chi connectivity index (χ2n) is 7.90. The lowest BCUT2D eigenvalue weighted by Gasteiger charge is -2.14. The molecule has 4 rings (SSSR count). The van der Waals surface area contributed by atoms with Gasteiger partial charge >= 0.3 is 0 Å². The lowest BCUT2D eigenvalue weighted by Crippen LogP contribution is -2.15. The summed E-state index contributed by atoms with van der Waals surface area (Å²) >= 11 is 0. The van der Waals surface area contributed by atoms with Crippen molar-refractivity contribution in [2.24, 2.45) is 0 Å². The van der Waals surface area contributed by atoms with Crippen LogP contribution in [-0.4, -0.2) is 30.3 Å². The van der Waals surface area contributed by atoms with E-state index in [-0.39, 0.29) is 17.1 Å². The van der Waals surface area contributed by atoms with E-state index in [0.717, 1.165) is 11.4 Å². The van der Waals surface area contributed by atoms with E-state index in [0.29, 0.717) is 22.7 Å². The number of aryl methyl sites for hydroxylation is 1. The van der Waals surface area contributed by atoms with Crippen molar-refractivity contribution in [2.45, 2.75) is 33.1 Å². The zero-order chi connectivity index (χ0) is 20.8. The first-order chi connectivity index (χ1) is 13.7. The first kappa shape index (κ1) is 18.8. The Kier molecular flexibility index (Phi) is 4.41. The number of hydrogen-bond donors (Lipinski definition) is 1. The van der Waals surface area contributed by atoms with Crippen molar-refractivity contribution >= 4 is 17.4 Å². The Morgan fingerprint density at radius 2 is 1.86 bits per heavy atom. The van der Waals surface area contributed by atoms with Gasteiger partial charge in [-0.15, -0.1) is 0 Å². The number of nitrogens with zero attached hydrogens (tertiary/aromatic N) is 5. The molecule has 1 amide bonds. The lowest BCUT2D eigenvalue weighted by atomic mass is 9.92. The molecule has 0 saturated carbocycles. The van der Waals surface area contributed by atoms with Crippen LogP contribution in [0.2, 0.25) is 0 Å². The van der Waals surface area contributed by atoms with Gasteiger partial charge in [-0.1, -0.05) is 20.8 Å². The molecule has 0 fully saturated rings. The molecular formula is C21H21FN6O. The molecule has 0 saturated heterocycles. The van der Waals surface area contributed by atoms with E-state index >= 15 is 0 Å². The molecule has 0 aliphatic carbocycles. The minimum atomic E-state index is -0.346. The van der Waals surface area contributed by atoms with Gasteiger partial charge in [0.1, 0.15) is 17.2 Å². The summed E-state index contributed by atoms with van der Waals surface area (Å²) in [5.74, 6) is -0.198. The van der Waals surface area contributed by atoms with E-state index in [1.165, 1.54) is 18.3 Å². The molecule has 1 N–H and O–H groups in total. The molecule has 3 heterocycles. The zero-order valence-corrected chi connectivity index (χ0v) is 16.6. The molecule has 0 unspecified atom stereocenters. The third-order valence-corrected chi connectivity index (χ3v) is 4.54. The molecule has 0 radical (unpaired) electrons. The first-order valence-corrected chi connectivity index (χ1v) is 9.21. The molecule has 4 aromatic rings. The maximum Gasteiger partial charge on any atom is 0.262 e. The summed E-state index contributed by atoms with van der Waals surface area (Å²) in [6.45, 7) is 7.96. The van der Waals surface area contributed by atoms with Crippen LogP contribution in [-0.2, 0) is 5.41 Å². The smallest absolute Gasteiger partial charge is 0.262 e. The molecule has 0 bridgehead atoms. The second kappa shape index (κ2) is 6.80. The van der Waals surface area contributed by atoms with Gasteiger partial charge in [0, 0.05) is 23.4 Å². The van der Waals surface area contributed by atoms with E-state index in [1.54, 1.807) is 27.5 Å². The van der Waals surface area contributed by atoms with Gasteiger partial charge < -0.3 is 5.32 Å². The number of hydrogen-bond acceptors (Lipinski definition) is 4. The van der Waals surface area contributed by atoms with Crippen LogP contribution in [0, 0.1) is 12.7 Å². The average Bonchev–Trinajstić information content (AvgIpc) is 3.26. The maximum atomic E-state index is 13.4. The molecule has 1 aromatic carbocycles. The van der Waals surface area contributed by atoms with Gasteiger partial charge in [0.05, 0.1) is 17.6 Å². The molecule has 29 heavy (non-hydrogen) atoms. The van der Waals surface area contributed by atoms with Gasteiger partial charge in [-0.25, -0.2) is 18.6 Å². The van der Waals surface area contributed by atoms with Crippen LogP contribution in [0.25, 0.3) is 11.3 Å². The van der Waals surface area contributed by atoms with Crippen LogP contribution in [0.3, 0.4) is 0 Å². The summed E-state index contributed by atoms with van der Waals surface area (Å²) in [5, 5.41) is 11.7. The minimum absolute atomic E-state index is 0.228. The average molecular weight is 392 g/mol. The third-order valence-electron chi connectivity index (χ3n) is 4.54. The number of aromatic nitrogens is 5. The third kappa shape index (κ3) is 3.61. The number of fused-ring (bicyclic) bond motifs is 1. The highest BCUT2D eigenvalue weighted by atomic mass is 19.1. The number of rotatable bonds is 3. The fourth-order valence-corrected chi connectivity index (χ4v) is 2.92. The van der Waals surface area contributed by atoms with Crippen molar-refractivity contribution in [2.75, 3.05) is 5.32 Å². The van der Waals surface area contributed by atoms with Crippen LogP contribution >= 0.6 is 0 Å². The van der Waals surface area contributed by atoms with Crippen molar-refractivity contribution < 1.29 is 9.18 Å². The van der Waals surface area contributed by atoms with Gasteiger partial charge in [0.25, 0.3) is 5.91 Å². The molecule has 7 nitrogen and oxygen atoms in total. The monoisotopic (exact) mass is 392 g/mol. The second-order valence-corrected chi connectivity index (χ2v) is 7.90. The number of benzene rings is 1. The Balaban J connectivity index is 1.75. The van der Waals surface area contributed by atoms with Crippen molar-refractivity contribution in [3.63, 3.8) is 0 Å². The summed E-state index contributed by atoms with van der Waals surface area (Å²) in [6.07, 6.45) is 3.25. The molecule has 0 aliphatic rings. The highest BCUT2D eigenvalue weighted by Crippen LogP contribution is 2.27. The number of anilines is 1. The van der Waals surface area contributed by atoms with Crippen LogP contribution in [0.5, 0.6) is 0 Å². The van der Waals surface area contributed by atoms with Crippen LogP contribution in [0.1, 0.15) is 42.5 Å². The quantitative estimate of drug-likeness (QED) is 0.573. The van der Waals surface area contributed by atoms with Gasteiger partial charge in [-0.2, -0.15) is 10.2 Å². The summed E-state index contributed by atoms with van der Waals surface area (Å²) < 4.78 is 16.5. The predicted molar refractivity (Wildman–Crippen MR) is 108 cm³/mol. The van der Waals surface area contributed by atoms with Gasteiger partial charge in [0.2, 0.25) is 0 Å². The SMILES string of the molecule is Cc1ccn2ncc(C(=O)Nc3cc(C(C)(C)C)nn3-c3ccc(F)cc3)c2n1. The predicted octanol–water partition coefficient (Wildman–Crippen LogP) is 3.91. The maximum absolute atomic E-state index is 13.4. The van der Waals surface area contributed by atoms with Crippen molar-refractivity contribution in [1.82, 2.24) is 24.4 Å². The van der Waals surface area contributed by atoms with Gasteiger partial charge in [-0.05, 0) is 37.3 Å². The highest BCUT2D eigenvalue weighted by molar-refractivity contribution is 6.07. The summed E-state index contributed by atoms with van der Waals surface area (Å²) in [5.41, 5.74) is 2.84. The molecule has 0 atom stereocenters. The Hall–Kier alpha value is -3.55. The number of amides is 1. The standard InChI is InChI=1S/C21H21FN6O/c1-13-9-10-27-19(24-13)16(12-23-27)20(29)25-18-11-17(21(2,3)4)26-28(18)15-7-5-14(22)6-8-15/h5-12H,1-4H3,(H,25,29). The Bertz CT molecular complexity index is 1200. The van der Waals surface area contributed by atoms with E-state index in [2.05, 4.69) is 20.5 Å². The van der Waals surface area contributed by atoms with E-state index < -0.39 is 0 Å². The van der Waals surface area contributed by atoms with Gasteiger partial charge in [0.15, 0.2) is 5.65 Å². The van der Waals surface area contributed by atoms with E-state index in [9.17, 15) is 9.18 Å². The summed E-state index contributed by atoms with van der Waals surface area (Å²) in [6, 6.07) is 9.59. The van der Waals surface area contributed by atoms with Crippen LogP contribution in [0.4, 0.5) is 10.2 Å². The largest absolute Gasteiger partial charge is 0.306 e. The normalized spacial score (nSPS) is 11.8. The molecule has 148 valence electrons. The molecule has 3 aromatic heterocycles. The van der Waals surface area contributed by atoms with E-state index in [1.807, 2.05) is 39.8 Å². The fraction of sp³-hybridized carbons (Fsp3) is 0.238. The zero-order valence-electron chi connectivity index (χ0n) is 16.6. The molecule has 0 spiro atoms. The topological polar surface area (TPSA) is 77.1 Å².